The number of aryl methyl sites for hydroxylation is 1. The van der Waals surface area contributed by atoms with Gasteiger partial charge >= 0.3 is 14.3 Å². The lowest BCUT2D eigenvalue weighted by Gasteiger charge is -2.43. The van der Waals surface area contributed by atoms with Gasteiger partial charge in [0, 0.05) is 0 Å². The Kier molecular flexibility index (Phi) is 7.96. The number of aromatic carboxylic acids is 1. The van der Waals surface area contributed by atoms with Crippen LogP contribution in [0.3, 0.4) is 0 Å². The lowest BCUT2D eigenvalue weighted by molar-refractivity contribution is 0.0695. The number of rotatable bonds is 9. The number of hydrogen-bond acceptors (Lipinski definition) is 3. The van der Waals surface area contributed by atoms with Crippen molar-refractivity contribution in [2.45, 2.75) is 44.8 Å². The summed E-state index contributed by atoms with van der Waals surface area (Å²) in [7, 11) is -2.79. The molecular weight excluding hydrogens is 476 g/mol. The Morgan fingerprint density at radius 3 is 1.95 bits per heavy atom. The molecule has 0 fully saturated rings. The Hall–Kier alpha value is -3.67. The van der Waals surface area contributed by atoms with Crippen LogP contribution < -0.4 is 14.8 Å². The molecule has 0 saturated heterocycles. The predicted octanol–water partition coefficient (Wildman–Crippen LogP) is 5.99. The van der Waals surface area contributed by atoms with E-state index in [4.69, 9.17) is 4.43 Å². The van der Waals surface area contributed by atoms with Gasteiger partial charge in [-0.05, 0) is 57.6 Å². The fourth-order valence-electron chi connectivity index (χ4n) is 5.02. The van der Waals surface area contributed by atoms with E-state index in [0.717, 1.165) is 11.3 Å². The SMILES string of the molecule is CC(C)(C)[Si](Oc1cccc(C(O)CCc2ccccc2C(=O)O)c1)(c1ccccc1)c1ccccc1. The van der Waals surface area contributed by atoms with E-state index in [0.29, 0.717) is 18.4 Å². The summed E-state index contributed by atoms with van der Waals surface area (Å²) in [5.74, 6) is -0.234. The van der Waals surface area contributed by atoms with Crippen molar-refractivity contribution in [3.63, 3.8) is 0 Å². The average Bonchev–Trinajstić information content (AvgIpc) is 2.91. The summed E-state index contributed by atoms with van der Waals surface area (Å²) in [6.07, 6.45) is 0.126. The third-order valence-electron chi connectivity index (χ3n) is 6.87. The highest BCUT2D eigenvalue weighted by atomic mass is 28.4. The monoisotopic (exact) mass is 510 g/mol. The third kappa shape index (κ3) is 5.68. The fraction of sp³-hybridized carbons (Fsp3) is 0.219. The molecule has 0 heterocycles. The molecule has 0 amide bonds. The molecule has 0 aromatic heterocycles. The number of carbonyl (C=O) groups is 1. The summed E-state index contributed by atoms with van der Waals surface area (Å²) in [4.78, 5) is 11.6. The Morgan fingerprint density at radius 2 is 1.38 bits per heavy atom. The first-order chi connectivity index (χ1) is 17.7. The molecule has 4 nitrogen and oxygen atoms in total. The molecule has 0 aliphatic carbocycles. The highest BCUT2D eigenvalue weighted by molar-refractivity contribution is 7.00. The van der Waals surface area contributed by atoms with Crippen LogP contribution in [0.2, 0.25) is 5.04 Å². The Balaban J connectivity index is 1.66. The third-order valence-corrected chi connectivity index (χ3v) is 11.8. The van der Waals surface area contributed by atoms with Gasteiger partial charge in [-0.3, -0.25) is 0 Å². The van der Waals surface area contributed by atoms with Gasteiger partial charge in [-0.2, -0.15) is 0 Å². The van der Waals surface area contributed by atoms with Crippen molar-refractivity contribution in [2.75, 3.05) is 0 Å². The van der Waals surface area contributed by atoms with E-state index < -0.39 is 20.4 Å². The minimum absolute atomic E-state index is 0.176. The van der Waals surface area contributed by atoms with E-state index in [1.807, 2.05) is 42.5 Å². The van der Waals surface area contributed by atoms with Gasteiger partial charge in [-0.1, -0.05) is 112 Å². The number of benzene rings is 4. The summed E-state index contributed by atoms with van der Waals surface area (Å²) >= 11 is 0. The Bertz CT molecular complexity index is 1290. The number of aliphatic hydroxyl groups excluding tert-OH is 1. The maximum Gasteiger partial charge on any atom is 0.335 e. The van der Waals surface area contributed by atoms with E-state index in [2.05, 4.69) is 69.3 Å². The average molecular weight is 511 g/mol. The van der Waals surface area contributed by atoms with E-state index >= 15 is 0 Å². The lowest BCUT2D eigenvalue weighted by Crippen LogP contribution is -2.68. The smallest absolute Gasteiger partial charge is 0.335 e. The quantitative estimate of drug-likeness (QED) is 0.272. The maximum atomic E-state index is 11.6. The van der Waals surface area contributed by atoms with E-state index in [9.17, 15) is 15.0 Å². The van der Waals surface area contributed by atoms with E-state index in [1.54, 1.807) is 18.2 Å². The van der Waals surface area contributed by atoms with Crippen LogP contribution in [-0.2, 0) is 6.42 Å². The Labute approximate surface area is 220 Å². The van der Waals surface area contributed by atoms with Crippen LogP contribution in [-0.4, -0.2) is 24.5 Å². The minimum Gasteiger partial charge on any atom is -0.534 e. The molecule has 0 aliphatic rings. The predicted molar refractivity (Wildman–Crippen MR) is 151 cm³/mol. The molecule has 1 unspecified atom stereocenters. The molecule has 4 aromatic carbocycles. The molecule has 190 valence electrons. The molecule has 4 rings (SSSR count). The van der Waals surface area contributed by atoms with E-state index in [1.165, 1.54) is 10.4 Å². The molecule has 1 atom stereocenters. The number of carboxylic acids is 1. The van der Waals surface area contributed by atoms with Crippen molar-refractivity contribution in [3.8, 4) is 5.75 Å². The van der Waals surface area contributed by atoms with Crippen molar-refractivity contribution >= 4 is 24.7 Å². The second-order valence-electron chi connectivity index (χ2n) is 10.4. The summed E-state index contributed by atoms with van der Waals surface area (Å²) in [6, 6.07) is 35.5. The normalized spacial score (nSPS) is 12.6. The first-order valence-electron chi connectivity index (χ1n) is 12.6. The fourth-order valence-corrected chi connectivity index (χ4v) is 9.43. The topological polar surface area (TPSA) is 66.8 Å². The molecule has 0 radical (unpaired) electrons. The number of aliphatic hydroxyl groups is 1. The molecule has 37 heavy (non-hydrogen) atoms. The van der Waals surface area contributed by atoms with Crippen molar-refractivity contribution < 1.29 is 19.4 Å². The van der Waals surface area contributed by atoms with Crippen LogP contribution in [0.1, 0.15) is 54.8 Å². The standard InChI is InChI=1S/C32H34O4Si/c1-32(2,3)37(27-16-6-4-7-17-27,28-18-8-5-9-19-28)36-26-15-12-14-25(23-26)30(33)22-21-24-13-10-11-20-29(24)31(34)35/h4-20,23,30,33H,21-22H2,1-3H3,(H,34,35). The molecule has 5 heteroatoms. The number of hydrogen-bond donors (Lipinski definition) is 2. The molecule has 0 spiro atoms. The van der Waals surface area contributed by atoms with Crippen LogP contribution in [0.15, 0.2) is 109 Å². The van der Waals surface area contributed by atoms with Gasteiger partial charge in [0.2, 0.25) is 0 Å². The zero-order chi connectivity index (χ0) is 26.5. The second-order valence-corrected chi connectivity index (χ2v) is 14.6. The lowest BCUT2D eigenvalue weighted by atomic mass is 9.98. The molecule has 0 saturated carbocycles. The van der Waals surface area contributed by atoms with Crippen LogP contribution in [0.5, 0.6) is 5.75 Å². The van der Waals surface area contributed by atoms with Gasteiger partial charge in [0.25, 0.3) is 0 Å². The first-order valence-corrected chi connectivity index (χ1v) is 14.5. The van der Waals surface area contributed by atoms with Gasteiger partial charge in [0.1, 0.15) is 5.75 Å². The summed E-state index contributed by atoms with van der Waals surface area (Å²) < 4.78 is 7.09. The van der Waals surface area contributed by atoms with Gasteiger partial charge in [-0.25, -0.2) is 4.79 Å². The molecular formula is C32H34O4Si. The summed E-state index contributed by atoms with van der Waals surface area (Å²) in [5, 5.41) is 22.7. The minimum atomic E-state index is -2.79. The van der Waals surface area contributed by atoms with Crippen LogP contribution >= 0.6 is 0 Å². The van der Waals surface area contributed by atoms with Crippen molar-refractivity contribution in [1.82, 2.24) is 0 Å². The first kappa shape index (κ1) is 26.4. The zero-order valence-corrected chi connectivity index (χ0v) is 22.6. The summed E-state index contributed by atoms with van der Waals surface area (Å²) in [5.41, 5.74) is 1.75. The largest absolute Gasteiger partial charge is 0.534 e. The molecule has 0 aliphatic heterocycles. The summed E-state index contributed by atoms with van der Waals surface area (Å²) in [6.45, 7) is 6.70. The van der Waals surface area contributed by atoms with Crippen molar-refractivity contribution in [3.05, 3.63) is 126 Å². The second kappa shape index (κ2) is 11.2. The van der Waals surface area contributed by atoms with Crippen LogP contribution in [0.25, 0.3) is 0 Å². The van der Waals surface area contributed by atoms with Crippen molar-refractivity contribution in [1.29, 1.82) is 0 Å². The highest BCUT2D eigenvalue weighted by Crippen LogP contribution is 2.38. The van der Waals surface area contributed by atoms with Gasteiger partial charge in [-0.15, -0.1) is 0 Å². The molecule has 2 N–H and O–H groups in total. The van der Waals surface area contributed by atoms with Gasteiger partial charge in [0.05, 0.1) is 11.7 Å². The van der Waals surface area contributed by atoms with Crippen LogP contribution in [0, 0.1) is 0 Å². The maximum absolute atomic E-state index is 11.6. The Morgan fingerprint density at radius 1 is 0.811 bits per heavy atom. The van der Waals surface area contributed by atoms with Gasteiger partial charge < -0.3 is 14.6 Å². The molecule has 4 aromatic rings. The van der Waals surface area contributed by atoms with E-state index in [-0.39, 0.29) is 10.6 Å². The highest BCUT2D eigenvalue weighted by Gasteiger charge is 2.52. The molecule has 0 bridgehead atoms. The van der Waals surface area contributed by atoms with Gasteiger partial charge in [0.15, 0.2) is 0 Å². The number of carboxylic acid groups (broad SMARTS) is 1. The zero-order valence-electron chi connectivity index (χ0n) is 21.6. The van der Waals surface area contributed by atoms with Crippen molar-refractivity contribution in [2.24, 2.45) is 0 Å². The van der Waals surface area contributed by atoms with Crippen LogP contribution in [0.4, 0.5) is 0 Å².